The van der Waals surface area contributed by atoms with E-state index in [2.05, 4.69) is 130 Å². The lowest BCUT2D eigenvalue weighted by Gasteiger charge is -2.18. The predicted molar refractivity (Wildman–Crippen MR) is 293 cm³/mol. The van der Waals surface area contributed by atoms with Gasteiger partial charge in [0, 0.05) is 19.3 Å². The largest absolute Gasteiger partial charge is 0.462 e. The van der Waals surface area contributed by atoms with Crippen LogP contribution in [0.15, 0.2) is 109 Å². The van der Waals surface area contributed by atoms with E-state index >= 15 is 0 Å². The number of carbonyl (C=O) groups excluding carboxylic acids is 3. The van der Waals surface area contributed by atoms with E-state index in [-0.39, 0.29) is 31.1 Å². The van der Waals surface area contributed by atoms with Crippen LogP contribution in [-0.4, -0.2) is 37.2 Å². The number of hydrogen-bond acceptors (Lipinski definition) is 6. The van der Waals surface area contributed by atoms with E-state index in [4.69, 9.17) is 14.2 Å². The molecule has 0 aromatic rings. The molecule has 0 aliphatic rings. The summed E-state index contributed by atoms with van der Waals surface area (Å²) in [4.78, 5) is 38.1. The van der Waals surface area contributed by atoms with Crippen molar-refractivity contribution >= 4 is 17.9 Å². The number of rotatable bonds is 49. The summed E-state index contributed by atoms with van der Waals surface area (Å²) in [5, 5.41) is 0. The summed E-state index contributed by atoms with van der Waals surface area (Å²) >= 11 is 0. The molecule has 386 valence electrons. The first kappa shape index (κ1) is 64.1. The molecule has 0 bridgehead atoms. The number of carbonyl (C=O) groups is 3. The quantitative estimate of drug-likeness (QED) is 0.0262. The van der Waals surface area contributed by atoms with E-state index in [0.29, 0.717) is 19.3 Å². The van der Waals surface area contributed by atoms with Crippen LogP contribution in [0.25, 0.3) is 0 Å². The van der Waals surface area contributed by atoms with Gasteiger partial charge in [0.1, 0.15) is 13.2 Å². The van der Waals surface area contributed by atoms with Crippen molar-refractivity contribution in [1.82, 2.24) is 0 Å². The van der Waals surface area contributed by atoms with E-state index < -0.39 is 6.10 Å². The van der Waals surface area contributed by atoms with Crippen LogP contribution < -0.4 is 0 Å². The van der Waals surface area contributed by atoms with Gasteiger partial charge >= 0.3 is 17.9 Å². The lowest BCUT2D eigenvalue weighted by atomic mass is 10.1. The maximum atomic E-state index is 12.8. The molecule has 0 rings (SSSR count). The number of unbranched alkanes of at least 4 members (excludes halogenated alkanes) is 20. The molecular weight excluding hydrogens is 841 g/mol. The van der Waals surface area contributed by atoms with Crippen LogP contribution in [0.2, 0.25) is 0 Å². The fourth-order valence-corrected chi connectivity index (χ4v) is 7.28. The zero-order valence-corrected chi connectivity index (χ0v) is 44.1. The Morgan fingerprint density at radius 1 is 0.309 bits per heavy atom. The molecule has 0 heterocycles. The van der Waals surface area contributed by atoms with E-state index in [1.54, 1.807) is 0 Å². The van der Waals surface area contributed by atoms with Crippen LogP contribution in [0.4, 0.5) is 0 Å². The number of esters is 3. The molecule has 0 aliphatic heterocycles. The fourth-order valence-electron chi connectivity index (χ4n) is 7.28. The van der Waals surface area contributed by atoms with Crippen molar-refractivity contribution in [3.05, 3.63) is 109 Å². The Labute approximate surface area is 419 Å². The SMILES string of the molecule is CC/C=C/C/C=C/C/C=C/C/C=C/C/C=C/CCCCCC(=O)OC[C@@H](COC(=O)CCCCCCC/C=C/C/C=C/CCCC)OC(=O)CCCCCCCCC/C=C/C/C=C/CCCCC. The molecule has 0 amide bonds. The predicted octanol–water partition coefficient (Wildman–Crippen LogP) is 18.7. The van der Waals surface area contributed by atoms with Gasteiger partial charge in [-0.25, -0.2) is 0 Å². The van der Waals surface area contributed by atoms with Gasteiger partial charge in [-0.15, -0.1) is 0 Å². The van der Waals surface area contributed by atoms with Crippen LogP contribution in [-0.2, 0) is 28.6 Å². The Hall–Kier alpha value is -3.93. The Morgan fingerprint density at radius 2 is 0.588 bits per heavy atom. The number of hydrogen-bond donors (Lipinski definition) is 0. The van der Waals surface area contributed by atoms with Crippen molar-refractivity contribution < 1.29 is 28.6 Å². The Bertz CT molecular complexity index is 1410. The second kappa shape index (κ2) is 55.7. The second-order valence-electron chi connectivity index (χ2n) is 18.1. The maximum Gasteiger partial charge on any atom is 0.306 e. The molecule has 6 heteroatoms. The molecule has 0 spiro atoms. The highest BCUT2D eigenvalue weighted by Gasteiger charge is 2.19. The van der Waals surface area contributed by atoms with Crippen molar-refractivity contribution in [2.24, 2.45) is 0 Å². The first-order valence-corrected chi connectivity index (χ1v) is 27.9. The Morgan fingerprint density at radius 3 is 0.956 bits per heavy atom. The maximum absolute atomic E-state index is 12.8. The zero-order valence-electron chi connectivity index (χ0n) is 44.1. The van der Waals surface area contributed by atoms with Gasteiger partial charge in [0.15, 0.2) is 6.10 Å². The van der Waals surface area contributed by atoms with Crippen molar-refractivity contribution in [1.29, 1.82) is 0 Å². The third kappa shape index (κ3) is 53.0. The summed E-state index contributed by atoms with van der Waals surface area (Å²) in [6.07, 6.45) is 75.0. The van der Waals surface area contributed by atoms with E-state index in [9.17, 15) is 14.4 Å². The molecule has 68 heavy (non-hydrogen) atoms. The standard InChI is InChI=1S/C62H102O6/c1-4-7-10-13-16-19-22-25-28-30-31-33-34-37-40-43-46-49-52-55-61(64)67-58-59(57-66-60(63)54-51-48-45-42-39-36-27-24-21-18-15-12-9-6-3)68-62(65)56-53-50-47-44-41-38-35-32-29-26-23-20-17-14-11-8-5-2/h7,10,15-20,24-29,31,33,37,40,59H,4-6,8-9,11-14,21-23,30,32,34-36,38-39,41-58H2,1-3H3/b10-7+,18-15+,19-16+,20-17+,27-24+,28-25+,29-26+,33-31+,40-37+/t59-/m1/s1. The monoisotopic (exact) mass is 943 g/mol. The van der Waals surface area contributed by atoms with Crippen LogP contribution in [0.5, 0.6) is 0 Å². The van der Waals surface area contributed by atoms with E-state index in [1.165, 1.54) is 70.6 Å². The lowest BCUT2D eigenvalue weighted by Crippen LogP contribution is -2.30. The van der Waals surface area contributed by atoms with Gasteiger partial charge in [-0.05, 0) is 122 Å². The van der Waals surface area contributed by atoms with Crippen LogP contribution in [0.1, 0.15) is 245 Å². The number of allylic oxidation sites excluding steroid dienone is 18. The van der Waals surface area contributed by atoms with Gasteiger partial charge < -0.3 is 14.2 Å². The van der Waals surface area contributed by atoms with Gasteiger partial charge in [-0.3, -0.25) is 14.4 Å². The summed E-state index contributed by atoms with van der Waals surface area (Å²) in [5.74, 6) is -0.956. The fraction of sp³-hybridized carbons (Fsp3) is 0.661. The highest BCUT2D eigenvalue weighted by molar-refractivity contribution is 5.71. The molecule has 0 aromatic carbocycles. The van der Waals surface area contributed by atoms with Crippen LogP contribution in [0.3, 0.4) is 0 Å². The van der Waals surface area contributed by atoms with Crippen molar-refractivity contribution in [2.75, 3.05) is 13.2 Å². The molecular formula is C62H102O6. The zero-order chi connectivity index (χ0) is 49.3. The molecule has 0 N–H and O–H groups in total. The third-order valence-electron chi connectivity index (χ3n) is 11.5. The van der Waals surface area contributed by atoms with E-state index in [1.807, 2.05) is 0 Å². The summed E-state index contributed by atoms with van der Waals surface area (Å²) in [7, 11) is 0. The first-order chi connectivity index (χ1) is 33.5. The molecule has 0 unspecified atom stereocenters. The van der Waals surface area contributed by atoms with Gasteiger partial charge in [0.05, 0.1) is 0 Å². The summed E-state index contributed by atoms with van der Waals surface area (Å²) in [6, 6.07) is 0. The van der Waals surface area contributed by atoms with Crippen molar-refractivity contribution in [3.8, 4) is 0 Å². The third-order valence-corrected chi connectivity index (χ3v) is 11.5. The minimum atomic E-state index is -0.804. The Balaban J connectivity index is 4.49. The summed E-state index contributed by atoms with van der Waals surface area (Å²) in [5.41, 5.74) is 0. The topological polar surface area (TPSA) is 78.9 Å². The minimum absolute atomic E-state index is 0.101. The molecule has 0 fully saturated rings. The van der Waals surface area contributed by atoms with Crippen LogP contribution in [0, 0.1) is 0 Å². The Kier molecular flexibility index (Phi) is 52.4. The summed E-state index contributed by atoms with van der Waals surface area (Å²) in [6.45, 7) is 6.41. The minimum Gasteiger partial charge on any atom is -0.462 e. The van der Waals surface area contributed by atoms with E-state index in [0.717, 1.165) is 135 Å². The molecule has 0 saturated carbocycles. The smallest absolute Gasteiger partial charge is 0.306 e. The van der Waals surface area contributed by atoms with Crippen molar-refractivity contribution in [2.45, 2.75) is 252 Å². The second-order valence-corrected chi connectivity index (χ2v) is 18.1. The molecule has 0 aromatic heterocycles. The van der Waals surface area contributed by atoms with Crippen LogP contribution >= 0.6 is 0 Å². The molecule has 0 aliphatic carbocycles. The highest BCUT2D eigenvalue weighted by Crippen LogP contribution is 2.14. The molecule has 0 radical (unpaired) electrons. The number of ether oxygens (including phenoxy) is 3. The van der Waals surface area contributed by atoms with Gasteiger partial charge in [0.25, 0.3) is 0 Å². The van der Waals surface area contributed by atoms with Gasteiger partial charge in [0.2, 0.25) is 0 Å². The average Bonchev–Trinajstić information content (AvgIpc) is 3.34. The van der Waals surface area contributed by atoms with Gasteiger partial charge in [-0.2, -0.15) is 0 Å². The van der Waals surface area contributed by atoms with Crippen molar-refractivity contribution in [3.63, 3.8) is 0 Å². The molecule has 0 saturated heterocycles. The van der Waals surface area contributed by atoms with Gasteiger partial charge in [-0.1, -0.05) is 214 Å². The average molecular weight is 943 g/mol. The normalized spacial score (nSPS) is 12.9. The summed E-state index contributed by atoms with van der Waals surface area (Å²) < 4.78 is 16.8. The highest BCUT2D eigenvalue weighted by atomic mass is 16.6. The molecule has 1 atom stereocenters. The molecule has 6 nitrogen and oxygen atoms in total. The lowest BCUT2D eigenvalue weighted by molar-refractivity contribution is -0.167. The first-order valence-electron chi connectivity index (χ1n) is 27.9.